The lowest BCUT2D eigenvalue weighted by Gasteiger charge is -2.10. The zero-order valence-corrected chi connectivity index (χ0v) is 14.5. The Morgan fingerprint density at radius 2 is 1.26 bits per heavy atom. The number of carbonyl (C=O) groups excluding carboxylic acids is 1. The number of rotatable bonds is 4. The molecule has 0 saturated heterocycles. The molecule has 1 N–H and O–H groups in total. The van der Waals surface area contributed by atoms with E-state index in [2.05, 4.69) is 11.1 Å². The maximum absolute atomic E-state index is 12.6. The first-order valence-electron chi connectivity index (χ1n) is 8.67. The predicted molar refractivity (Wildman–Crippen MR) is 107 cm³/mol. The lowest BCUT2D eigenvalue weighted by molar-refractivity contribution is 0.103. The topological polar surface area (TPSA) is 50.2 Å². The molecule has 3 heteroatoms. The largest absolute Gasteiger partial charge is 0.508 e. The summed E-state index contributed by atoms with van der Waals surface area (Å²) >= 11 is 0. The van der Waals surface area contributed by atoms with Gasteiger partial charge in [-0.05, 0) is 47.5 Å². The number of hydrogen-bond acceptors (Lipinski definition) is 3. The molecule has 27 heavy (non-hydrogen) atoms. The molecule has 0 radical (unpaired) electrons. The first-order chi connectivity index (χ1) is 13.2. The molecule has 1 aromatic heterocycles. The molecule has 4 aromatic rings. The van der Waals surface area contributed by atoms with Crippen molar-refractivity contribution < 1.29 is 9.90 Å². The first-order valence-corrected chi connectivity index (χ1v) is 8.67. The summed E-state index contributed by atoms with van der Waals surface area (Å²) in [5.41, 5.74) is 5.22. The molecule has 0 atom stereocenters. The summed E-state index contributed by atoms with van der Waals surface area (Å²) in [6, 6.07) is 27.8. The van der Waals surface area contributed by atoms with E-state index in [1.54, 1.807) is 18.3 Å². The number of aromatic hydroxyl groups is 1. The SMILES string of the molecule is O=C(c1ccc(O)cc1)c1ccc(-c2ccccc2-c2ccccn2)cc1. The minimum atomic E-state index is -0.0699. The van der Waals surface area contributed by atoms with Crippen LogP contribution < -0.4 is 0 Å². The molecule has 3 nitrogen and oxygen atoms in total. The van der Waals surface area contributed by atoms with Crippen LogP contribution in [0.5, 0.6) is 5.75 Å². The first kappa shape index (κ1) is 16.7. The molecule has 4 rings (SSSR count). The molecule has 0 unspecified atom stereocenters. The Morgan fingerprint density at radius 1 is 0.667 bits per heavy atom. The molecule has 0 aliphatic rings. The van der Waals surface area contributed by atoms with Gasteiger partial charge in [0, 0.05) is 22.9 Å². The quantitative estimate of drug-likeness (QED) is 0.504. The number of phenols is 1. The number of nitrogens with zero attached hydrogens (tertiary/aromatic N) is 1. The van der Waals surface area contributed by atoms with Gasteiger partial charge in [-0.15, -0.1) is 0 Å². The van der Waals surface area contributed by atoms with Gasteiger partial charge in [-0.1, -0.05) is 54.6 Å². The molecule has 0 aliphatic heterocycles. The van der Waals surface area contributed by atoms with Gasteiger partial charge >= 0.3 is 0 Å². The summed E-state index contributed by atoms with van der Waals surface area (Å²) in [6.45, 7) is 0. The normalized spacial score (nSPS) is 10.5. The summed E-state index contributed by atoms with van der Waals surface area (Å²) in [6.07, 6.45) is 1.78. The summed E-state index contributed by atoms with van der Waals surface area (Å²) < 4.78 is 0. The Bertz CT molecular complexity index is 1070. The van der Waals surface area contributed by atoms with Crippen molar-refractivity contribution in [3.05, 3.63) is 108 Å². The van der Waals surface area contributed by atoms with Crippen molar-refractivity contribution in [2.45, 2.75) is 0 Å². The third-order valence-electron chi connectivity index (χ3n) is 4.46. The van der Waals surface area contributed by atoms with Gasteiger partial charge < -0.3 is 5.11 Å². The van der Waals surface area contributed by atoms with Crippen LogP contribution in [0.3, 0.4) is 0 Å². The molecule has 0 aliphatic carbocycles. The van der Waals surface area contributed by atoms with Gasteiger partial charge in [-0.2, -0.15) is 0 Å². The molecule has 130 valence electrons. The maximum atomic E-state index is 12.6. The van der Waals surface area contributed by atoms with Crippen LogP contribution in [0.25, 0.3) is 22.4 Å². The van der Waals surface area contributed by atoms with Crippen LogP contribution >= 0.6 is 0 Å². The zero-order valence-electron chi connectivity index (χ0n) is 14.5. The van der Waals surface area contributed by atoms with Gasteiger partial charge in [0.1, 0.15) is 5.75 Å². The Hall–Kier alpha value is -3.72. The van der Waals surface area contributed by atoms with Crippen LogP contribution in [0.1, 0.15) is 15.9 Å². The van der Waals surface area contributed by atoms with E-state index in [-0.39, 0.29) is 11.5 Å². The van der Waals surface area contributed by atoms with E-state index in [1.165, 1.54) is 12.1 Å². The van der Waals surface area contributed by atoms with Crippen molar-refractivity contribution in [2.24, 2.45) is 0 Å². The Labute approximate surface area is 157 Å². The van der Waals surface area contributed by atoms with Gasteiger partial charge in [0.15, 0.2) is 5.78 Å². The number of pyridine rings is 1. The molecule has 0 saturated carbocycles. The molecular formula is C24H17NO2. The zero-order chi connectivity index (χ0) is 18.6. The standard InChI is InChI=1S/C24H17NO2/c26-20-14-12-19(13-15-20)24(27)18-10-8-17(9-11-18)21-5-1-2-6-22(21)23-7-3-4-16-25-23/h1-16,26H. The smallest absolute Gasteiger partial charge is 0.193 e. The van der Waals surface area contributed by atoms with Crippen molar-refractivity contribution in [1.82, 2.24) is 4.98 Å². The summed E-state index contributed by atoms with van der Waals surface area (Å²) in [7, 11) is 0. The molecule has 3 aromatic carbocycles. The number of ketones is 1. The van der Waals surface area contributed by atoms with Crippen molar-refractivity contribution in [3.63, 3.8) is 0 Å². The van der Waals surface area contributed by atoms with E-state index in [0.717, 1.165) is 22.4 Å². The van der Waals surface area contributed by atoms with E-state index < -0.39 is 0 Å². The lowest BCUT2D eigenvalue weighted by Crippen LogP contribution is -2.00. The molecule has 0 amide bonds. The number of hydrogen-bond donors (Lipinski definition) is 1. The van der Waals surface area contributed by atoms with Crippen LogP contribution in [0, 0.1) is 0 Å². The van der Waals surface area contributed by atoms with Gasteiger partial charge in [-0.25, -0.2) is 0 Å². The van der Waals surface area contributed by atoms with E-state index >= 15 is 0 Å². The lowest BCUT2D eigenvalue weighted by atomic mass is 9.95. The molecule has 0 bridgehead atoms. The van der Waals surface area contributed by atoms with Gasteiger partial charge in [0.2, 0.25) is 0 Å². The van der Waals surface area contributed by atoms with Crippen LogP contribution in [0.15, 0.2) is 97.2 Å². The fraction of sp³-hybridized carbons (Fsp3) is 0. The molecule has 1 heterocycles. The van der Waals surface area contributed by atoms with E-state index in [9.17, 15) is 9.90 Å². The number of aromatic nitrogens is 1. The van der Waals surface area contributed by atoms with Gasteiger partial charge in [0.25, 0.3) is 0 Å². The highest BCUT2D eigenvalue weighted by Crippen LogP contribution is 2.31. The fourth-order valence-corrected chi connectivity index (χ4v) is 3.06. The Balaban J connectivity index is 1.68. The third-order valence-corrected chi connectivity index (χ3v) is 4.46. The second-order valence-corrected chi connectivity index (χ2v) is 6.21. The minimum absolute atomic E-state index is 0.0699. The monoisotopic (exact) mass is 351 g/mol. The average molecular weight is 351 g/mol. The van der Waals surface area contributed by atoms with Gasteiger partial charge in [0.05, 0.1) is 5.69 Å². The summed E-state index contributed by atoms with van der Waals surface area (Å²) in [5.74, 6) is 0.0765. The second kappa shape index (κ2) is 7.26. The van der Waals surface area contributed by atoms with Crippen molar-refractivity contribution >= 4 is 5.78 Å². The number of phenolic OH excluding ortho intramolecular Hbond substituents is 1. The second-order valence-electron chi connectivity index (χ2n) is 6.21. The molecule has 0 spiro atoms. The van der Waals surface area contributed by atoms with Crippen LogP contribution in [0.2, 0.25) is 0 Å². The maximum Gasteiger partial charge on any atom is 0.193 e. The van der Waals surface area contributed by atoms with Crippen LogP contribution in [-0.4, -0.2) is 15.9 Å². The highest BCUT2D eigenvalue weighted by molar-refractivity contribution is 6.09. The van der Waals surface area contributed by atoms with Crippen LogP contribution in [-0.2, 0) is 0 Å². The van der Waals surface area contributed by atoms with E-state index in [4.69, 9.17) is 0 Å². The molecular weight excluding hydrogens is 334 g/mol. The highest BCUT2D eigenvalue weighted by Gasteiger charge is 2.11. The average Bonchev–Trinajstić information content (AvgIpc) is 2.74. The number of carbonyl (C=O) groups is 1. The van der Waals surface area contributed by atoms with Gasteiger partial charge in [-0.3, -0.25) is 9.78 Å². The summed E-state index contributed by atoms with van der Waals surface area (Å²) in [5, 5.41) is 9.38. The fourth-order valence-electron chi connectivity index (χ4n) is 3.06. The van der Waals surface area contributed by atoms with E-state index in [0.29, 0.717) is 11.1 Å². The number of benzene rings is 3. The van der Waals surface area contributed by atoms with E-state index in [1.807, 2.05) is 60.7 Å². The van der Waals surface area contributed by atoms with Crippen molar-refractivity contribution in [1.29, 1.82) is 0 Å². The minimum Gasteiger partial charge on any atom is -0.508 e. The summed E-state index contributed by atoms with van der Waals surface area (Å²) in [4.78, 5) is 17.1. The third kappa shape index (κ3) is 3.48. The predicted octanol–water partition coefficient (Wildman–Crippen LogP) is 5.35. The molecule has 0 fully saturated rings. The van der Waals surface area contributed by atoms with Crippen molar-refractivity contribution in [2.75, 3.05) is 0 Å². The van der Waals surface area contributed by atoms with Crippen molar-refractivity contribution in [3.8, 4) is 28.1 Å². The van der Waals surface area contributed by atoms with Crippen LogP contribution in [0.4, 0.5) is 0 Å². The Morgan fingerprint density at radius 3 is 1.89 bits per heavy atom. The Kier molecular flexibility index (Phi) is 4.50. The highest BCUT2D eigenvalue weighted by atomic mass is 16.3.